The average molecular weight is 214 g/mol. The lowest BCUT2D eigenvalue weighted by Gasteiger charge is -2.06. The molecule has 0 bridgehead atoms. The van der Waals surface area contributed by atoms with Gasteiger partial charge >= 0.3 is 0 Å². The van der Waals surface area contributed by atoms with E-state index in [1.54, 1.807) is 6.92 Å². The Bertz CT molecular complexity index is 355. The van der Waals surface area contributed by atoms with Crippen LogP contribution in [0.15, 0.2) is 18.2 Å². The second-order valence-electron chi connectivity index (χ2n) is 2.94. The van der Waals surface area contributed by atoms with Crippen LogP contribution in [0.5, 0.6) is 0 Å². The average Bonchev–Trinajstić information content (AvgIpc) is 2.20. The summed E-state index contributed by atoms with van der Waals surface area (Å²) in [4.78, 5) is 11.0. The highest BCUT2D eigenvalue weighted by Crippen LogP contribution is 2.12. The Hall–Kier alpha value is -1.65. The van der Waals surface area contributed by atoms with Crippen LogP contribution in [0.4, 0.5) is 14.5 Å². The molecule has 0 aliphatic rings. The lowest BCUT2D eigenvalue weighted by atomic mass is 10.3. The Morgan fingerprint density at radius 1 is 1.33 bits per heavy atom. The fourth-order valence-corrected chi connectivity index (χ4v) is 1.05. The summed E-state index contributed by atoms with van der Waals surface area (Å²) in [5.41, 5.74) is 0.375. The van der Waals surface area contributed by atoms with Gasteiger partial charge in [-0.3, -0.25) is 4.79 Å². The molecule has 0 aliphatic heterocycles. The van der Waals surface area contributed by atoms with E-state index < -0.39 is 11.6 Å². The van der Waals surface area contributed by atoms with Crippen LogP contribution in [-0.2, 0) is 4.79 Å². The first-order valence-corrected chi connectivity index (χ1v) is 4.59. The van der Waals surface area contributed by atoms with E-state index in [0.29, 0.717) is 12.2 Å². The molecule has 0 fully saturated rings. The van der Waals surface area contributed by atoms with Gasteiger partial charge in [0.05, 0.1) is 6.54 Å². The quantitative estimate of drug-likeness (QED) is 0.797. The van der Waals surface area contributed by atoms with Crippen molar-refractivity contribution in [2.24, 2.45) is 0 Å². The maximum Gasteiger partial charge on any atom is 0.239 e. The SMILES string of the molecule is CCNC(=O)CNc1ccc(F)c(F)c1. The first-order chi connectivity index (χ1) is 7.13. The Balaban J connectivity index is 2.51. The number of amides is 1. The van der Waals surface area contributed by atoms with E-state index in [1.807, 2.05) is 0 Å². The third-order valence-corrected chi connectivity index (χ3v) is 1.75. The van der Waals surface area contributed by atoms with Gasteiger partial charge in [-0.15, -0.1) is 0 Å². The number of hydrogen-bond donors (Lipinski definition) is 2. The standard InChI is InChI=1S/C10H12F2N2O/c1-2-13-10(15)6-14-7-3-4-8(11)9(12)5-7/h3-5,14H,2,6H2,1H3,(H,13,15). The molecule has 82 valence electrons. The van der Waals surface area contributed by atoms with E-state index in [2.05, 4.69) is 10.6 Å². The topological polar surface area (TPSA) is 41.1 Å². The van der Waals surface area contributed by atoms with Crippen LogP contribution in [0, 0.1) is 11.6 Å². The molecule has 1 aromatic carbocycles. The zero-order chi connectivity index (χ0) is 11.3. The highest BCUT2D eigenvalue weighted by Gasteiger charge is 2.03. The van der Waals surface area contributed by atoms with Gasteiger partial charge in [-0.05, 0) is 19.1 Å². The molecule has 1 aromatic rings. The van der Waals surface area contributed by atoms with Gasteiger partial charge in [0.2, 0.25) is 5.91 Å². The maximum atomic E-state index is 12.7. The van der Waals surface area contributed by atoms with Gasteiger partial charge in [0.1, 0.15) is 0 Å². The minimum absolute atomic E-state index is 0.0406. The van der Waals surface area contributed by atoms with E-state index in [1.165, 1.54) is 6.07 Å². The molecular weight excluding hydrogens is 202 g/mol. The number of halogens is 2. The molecule has 5 heteroatoms. The molecule has 0 saturated heterocycles. The third kappa shape index (κ3) is 3.53. The number of benzene rings is 1. The van der Waals surface area contributed by atoms with Gasteiger partial charge in [-0.1, -0.05) is 0 Å². The summed E-state index contributed by atoms with van der Waals surface area (Å²) in [5, 5.41) is 5.25. The van der Waals surface area contributed by atoms with E-state index in [0.717, 1.165) is 12.1 Å². The fraction of sp³-hybridized carbons (Fsp3) is 0.300. The molecular formula is C10H12F2N2O. The molecule has 0 spiro atoms. The molecule has 0 aromatic heterocycles. The third-order valence-electron chi connectivity index (χ3n) is 1.75. The Morgan fingerprint density at radius 2 is 2.07 bits per heavy atom. The Labute approximate surface area is 86.5 Å². The van der Waals surface area contributed by atoms with E-state index >= 15 is 0 Å². The zero-order valence-electron chi connectivity index (χ0n) is 8.31. The van der Waals surface area contributed by atoms with Crippen LogP contribution in [0.3, 0.4) is 0 Å². The van der Waals surface area contributed by atoms with Gasteiger partial charge in [0, 0.05) is 18.3 Å². The Morgan fingerprint density at radius 3 is 2.67 bits per heavy atom. The second kappa shape index (κ2) is 5.29. The van der Waals surface area contributed by atoms with Crippen molar-refractivity contribution in [3.05, 3.63) is 29.8 Å². The minimum Gasteiger partial charge on any atom is -0.376 e. The van der Waals surface area contributed by atoms with E-state index in [-0.39, 0.29) is 12.5 Å². The first kappa shape index (κ1) is 11.4. The maximum absolute atomic E-state index is 12.7. The summed E-state index contributed by atoms with van der Waals surface area (Å²) in [5.74, 6) is -2.03. The molecule has 2 N–H and O–H groups in total. The summed E-state index contributed by atoms with van der Waals surface area (Å²) in [6, 6.07) is 3.39. The predicted octanol–water partition coefficient (Wildman–Crippen LogP) is 1.51. The molecule has 0 unspecified atom stereocenters. The highest BCUT2D eigenvalue weighted by molar-refractivity contribution is 5.80. The molecule has 0 radical (unpaired) electrons. The minimum atomic E-state index is -0.934. The van der Waals surface area contributed by atoms with Crippen LogP contribution < -0.4 is 10.6 Å². The highest BCUT2D eigenvalue weighted by atomic mass is 19.2. The van der Waals surface area contributed by atoms with Crippen molar-refractivity contribution in [1.29, 1.82) is 0 Å². The van der Waals surface area contributed by atoms with Crippen LogP contribution in [0.1, 0.15) is 6.92 Å². The van der Waals surface area contributed by atoms with Crippen molar-refractivity contribution in [1.82, 2.24) is 5.32 Å². The van der Waals surface area contributed by atoms with Gasteiger partial charge in [-0.25, -0.2) is 8.78 Å². The van der Waals surface area contributed by atoms with Crippen LogP contribution in [0.2, 0.25) is 0 Å². The molecule has 0 heterocycles. The number of rotatable bonds is 4. The van der Waals surface area contributed by atoms with Crippen LogP contribution in [0.25, 0.3) is 0 Å². The first-order valence-electron chi connectivity index (χ1n) is 4.59. The molecule has 0 atom stereocenters. The molecule has 0 saturated carbocycles. The van der Waals surface area contributed by atoms with Gasteiger partial charge in [0.25, 0.3) is 0 Å². The van der Waals surface area contributed by atoms with Gasteiger partial charge < -0.3 is 10.6 Å². The lowest BCUT2D eigenvalue weighted by Crippen LogP contribution is -2.29. The molecule has 15 heavy (non-hydrogen) atoms. The summed E-state index contributed by atoms with van der Waals surface area (Å²) < 4.78 is 25.3. The fourth-order valence-electron chi connectivity index (χ4n) is 1.05. The molecule has 1 rings (SSSR count). The summed E-state index contributed by atoms with van der Waals surface area (Å²) in [6.45, 7) is 2.38. The number of carbonyl (C=O) groups excluding carboxylic acids is 1. The normalized spacial score (nSPS) is 9.80. The van der Waals surface area contributed by atoms with Crippen molar-refractivity contribution in [3.63, 3.8) is 0 Å². The Kier molecular flexibility index (Phi) is 4.03. The molecule has 3 nitrogen and oxygen atoms in total. The number of likely N-dealkylation sites (N-methyl/N-ethyl adjacent to an activating group) is 1. The van der Waals surface area contributed by atoms with Gasteiger partial charge in [-0.2, -0.15) is 0 Å². The van der Waals surface area contributed by atoms with E-state index in [4.69, 9.17) is 0 Å². The molecule has 1 amide bonds. The number of carbonyl (C=O) groups is 1. The van der Waals surface area contributed by atoms with Crippen LogP contribution in [-0.4, -0.2) is 19.0 Å². The van der Waals surface area contributed by atoms with Crippen molar-refractivity contribution in [2.45, 2.75) is 6.92 Å². The van der Waals surface area contributed by atoms with Crippen molar-refractivity contribution in [2.75, 3.05) is 18.4 Å². The van der Waals surface area contributed by atoms with Crippen LogP contribution >= 0.6 is 0 Å². The smallest absolute Gasteiger partial charge is 0.239 e. The summed E-state index contributed by atoms with van der Waals surface area (Å²) in [7, 11) is 0. The van der Waals surface area contributed by atoms with Gasteiger partial charge in [0.15, 0.2) is 11.6 Å². The zero-order valence-corrected chi connectivity index (χ0v) is 8.31. The summed E-state index contributed by atoms with van der Waals surface area (Å²) in [6.07, 6.45) is 0. The van der Waals surface area contributed by atoms with E-state index in [9.17, 15) is 13.6 Å². The number of nitrogens with one attached hydrogen (secondary N) is 2. The largest absolute Gasteiger partial charge is 0.376 e. The monoisotopic (exact) mass is 214 g/mol. The predicted molar refractivity (Wildman–Crippen MR) is 53.5 cm³/mol. The summed E-state index contributed by atoms with van der Waals surface area (Å²) >= 11 is 0. The lowest BCUT2D eigenvalue weighted by molar-refractivity contribution is -0.119. The van der Waals surface area contributed by atoms with Crippen molar-refractivity contribution in [3.8, 4) is 0 Å². The van der Waals surface area contributed by atoms with Crippen molar-refractivity contribution >= 4 is 11.6 Å². The molecule has 0 aliphatic carbocycles. The van der Waals surface area contributed by atoms with Crippen molar-refractivity contribution < 1.29 is 13.6 Å². The second-order valence-corrected chi connectivity index (χ2v) is 2.94. The number of hydrogen-bond acceptors (Lipinski definition) is 2. The number of anilines is 1.